The van der Waals surface area contributed by atoms with Gasteiger partial charge >= 0.3 is 0 Å². The van der Waals surface area contributed by atoms with Gasteiger partial charge in [0.05, 0.1) is 0 Å². The van der Waals surface area contributed by atoms with Gasteiger partial charge in [0, 0.05) is 11.8 Å². The highest BCUT2D eigenvalue weighted by atomic mass is 32.2. The summed E-state index contributed by atoms with van der Waals surface area (Å²) in [6.45, 7) is 1.98. The number of carbonyl (C=O) groups is 1. The topological polar surface area (TPSA) is 29.1 Å². The quantitative estimate of drug-likeness (QED) is 0.593. The van der Waals surface area contributed by atoms with Gasteiger partial charge in [-0.3, -0.25) is 4.79 Å². The Morgan fingerprint density at radius 3 is 3.18 bits per heavy atom. The summed E-state index contributed by atoms with van der Waals surface area (Å²) in [4.78, 5) is 10.9. The smallest absolute Gasteiger partial charge is 0.212 e. The summed E-state index contributed by atoms with van der Waals surface area (Å²) in [6, 6.07) is 0. The van der Waals surface area contributed by atoms with Crippen LogP contribution in [0.1, 0.15) is 13.8 Å². The molecule has 0 spiro atoms. The van der Waals surface area contributed by atoms with Crippen LogP contribution in [0, 0.1) is 0 Å². The van der Waals surface area contributed by atoms with Gasteiger partial charge in [0.2, 0.25) is 5.12 Å². The van der Waals surface area contributed by atoms with E-state index in [0.717, 1.165) is 19.5 Å². The molecule has 2 aliphatic heterocycles. The van der Waals surface area contributed by atoms with E-state index in [1.807, 2.05) is 0 Å². The predicted octanol–water partition coefficient (Wildman–Crippen LogP) is 1.18. The van der Waals surface area contributed by atoms with Crippen LogP contribution in [-0.4, -0.2) is 23.5 Å². The lowest BCUT2D eigenvalue weighted by molar-refractivity contribution is -0.106. The molecule has 1 atom stereocenters. The Morgan fingerprint density at radius 2 is 2.45 bits per heavy atom. The maximum absolute atomic E-state index is 10.9. The minimum Gasteiger partial charge on any atom is -0.313 e. The highest BCUT2D eigenvalue weighted by Gasteiger charge is 2.27. The van der Waals surface area contributed by atoms with Crippen molar-refractivity contribution in [2.75, 3.05) is 13.1 Å². The van der Waals surface area contributed by atoms with E-state index in [4.69, 9.17) is 0 Å². The van der Waals surface area contributed by atoms with Crippen molar-refractivity contribution in [3.05, 3.63) is 11.6 Å². The van der Waals surface area contributed by atoms with Gasteiger partial charge in [0.25, 0.3) is 0 Å². The largest absolute Gasteiger partial charge is 0.313 e. The molecule has 0 aliphatic carbocycles. The lowest BCUT2D eigenvalue weighted by atomic mass is 10.1. The summed E-state index contributed by atoms with van der Waals surface area (Å²) in [5, 5.41) is 3.99. The Bertz CT molecular complexity index is 200. The van der Waals surface area contributed by atoms with Crippen molar-refractivity contribution < 1.29 is 4.79 Å². The number of nitrogens with one attached hydrogen (secondary N) is 1. The number of hydrogen-bond donors (Lipinski definition) is 1. The third-order valence-corrected chi connectivity index (χ3v) is 3.06. The van der Waals surface area contributed by atoms with E-state index in [1.165, 1.54) is 17.3 Å². The highest BCUT2D eigenvalue weighted by molar-refractivity contribution is 8.15. The number of rotatable bonds is 0. The molecule has 11 heavy (non-hydrogen) atoms. The van der Waals surface area contributed by atoms with E-state index in [9.17, 15) is 4.79 Å². The van der Waals surface area contributed by atoms with Crippen LogP contribution in [0.4, 0.5) is 0 Å². The Balaban J connectivity index is 0.000000605. The molecule has 62 valence electrons. The molecule has 2 aliphatic rings. The zero-order chi connectivity index (χ0) is 6.97. The molecule has 2 nitrogen and oxygen atoms in total. The molecule has 0 amide bonds. The molecule has 0 aromatic carbocycles. The molecule has 0 aromatic heterocycles. The van der Waals surface area contributed by atoms with Gasteiger partial charge in [0.15, 0.2) is 0 Å². The first-order valence-corrected chi connectivity index (χ1v) is 4.36. The van der Waals surface area contributed by atoms with Crippen molar-refractivity contribution in [1.82, 2.24) is 5.32 Å². The fourth-order valence-electron chi connectivity index (χ4n) is 1.37. The molecular weight excluding hydrogens is 158 g/mol. The molecule has 1 fully saturated rings. The molecular formula is C8H13NOS. The van der Waals surface area contributed by atoms with Gasteiger partial charge < -0.3 is 5.32 Å². The highest BCUT2D eigenvalue weighted by Crippen LogP contribution is 2.31. The van der Waals surface area contributed by atoms with Gasteiger partial charge in [-0.25, -0.2) is 0 Å². The van der Waals surface area contributed by atoms with Crippen LogP contribution in [0.25, 0.3) is 0 Å². The lowest BCUT2D eigenvalue weighted by Gasteiger charge is -2.19. The van der Waals surface area contributed by atoms with Crippen molar-refractivity contribution in [2.45, 2.75) is 19.1 Å². The van der Waals surface area contributed by atoms with Crippen LogP contribution in [0.15, 0.2) is 11.6 Å². The standard InChI is InChI=1S/C7H9NOS.CH4/c9-7-3-5-4-8-2-1-6(5)10-7;/h3,6,8H,1-2,4H2;1H4. The van der Waals surface area contributed by atoms with Crippen molar-refractivity contribution in [1.29, 1.82) is 0 Å². The average molecular weight is 171 g/mol. The van der Waals surface area contributed by atoms with Crippen LogP contribution in [0.3, 0.4) is 0 Å². The molecule has 0 radical (unpaired) electrons. The molecule has 3 heteroatoms. The van der Waals surface area contributed by atoms with E-state index in [0.29, 0.717) is 5.25 Å². The lowest BCUT2D eigenvalue weighted by Crippen LogP contribution is -2.30. The molecule has 2 heterocycles. The monoisotopic (exact) mass is 171 g/mol. The second-order valence-electron chi connectivity index (χ2n) is 2.61. The fourth-order valence-corrected chi connectivity index (χ4v) is 2.41. The molecule has 2 rings (SSSR count). The van der Waals surface area contributed by atoms with Crippen LogP contribution in [0.2, 0.25) is 0 Å². The zero-order valence-corrected chi connectivity index (χ0v) is 6.41. The molecule has 1 N–H and O–H groups in total. The first kappa shape index (κ1) is 8.81. The van der Waals surface area contributed by atoms with Crippen LogP contribution in [-0.2, 0) is 4.79 Å². The Morgan fingerprint density at radius 1 is 1.64 bits per heavy atom. The van der Waals surface area contributed by atoms with E-state index in [-0.39, 0.29) is 12.5 Å². The summed E-state index contributed by atoms with van der Waals surface area (Å²) >= 11 is 1.48. The van der Waals surface area contributed by atoms with Crippen molar-refractivity contribution in [3.8, 4) is 0 Å². The summed E-state index contributed by atoms with van der Waals surface area (Å²) in [6.07, 6.45) is 2.89. The number of piperidine rings is 1. The van der Waals surface area contributed by atoms with Crippen molar-refractivity contribution >= 4 is 16.9 Å². The summed E-state index contributed by atoms with van der Waals surface area (Å²) in [7, 11) is 0. The van der Waals surface area contributed by atoms with E-state index < -0.39 is 0 Å². The minimum atomic E-state index is 0. The van der Waals surface area contributed by atoms with Gasteiger partial charge in [-0.2, -0.15) is 0 Å². The van der Waals surface area contributed by atoms with E-state index in [1.54, 1.807) is 6.08 Å². The second kappa shape index (κ2) is 3.41. The first-order chi connectivity index (χ1) is 4.86. The average Bonchev–Trinajstić information content (AvgIpc) is 2.27. The molecule has 1 saturated heterocycles. The fraction of sp³-hybridized carbons (Fsp3) is 0.625. The normalized spacial score (nSPS) is 28.9. The van der Waals surface area contributed by atoms with Gasteiger partial charge in [-0.05, 0) is 24.6 Å². The maximum atomic E-state index is 10.9. The minimum absolute atomic E-state index is 0. The van der Waals surface area contributed by atoms with Gasteiger partial charge in [0.1, 0.15) is 0 Å². The number of hydrogen-bond acceptors (Lipinski definition) is 3. The Labute approximate surface area is 71.4 Å². The van der Waals surface area contributed by atoms with Crippen LogP contribution < -0.4 is 5.32 Å². The number of carbonyl (C=O) groups excluding carboxylic acids is 1. The molecule has 0 aromatic rings. The van der Waals surface area contributed by atoms with Crippen LogP contribution in [0.5, 0.6) is 0 Å². The van der Waals surface area contributed by atoms with E-state index >= 15 is 0 Å². The van der Waals surface area contributed by atoms with Crippen molar-refractivity contribution in [3.63, 3.8) is 0 Å². The Kier molecular flexibility index (Phi) is 2.73. The third kappa shape index (κ3) is 1.65. The first-order valence-electron chi connectivity index (χ1n) is 3.48. The predicted molar refractivity (Wildman–Crippen MR) is 48.7 cm³/mol. The Hall–Kier alpha value is -0.280. The summed E-state index contributed by atoms with van der Waals surface area (Å²) in [5.74, 6) is 0. The molecule has 1 unspecified atom stereocenters. The summed E-state index contributed by atoms with van der Waals surface area (Å²) in [5.41, 5.74) is 1.29. The van der Waals surface area contributed by atoms with Gasteiger partial charge in [-0.1, -0.05) is 19.2 Å². The molecule has 0 saturated carbocycles. The van der Waals surface area contributed by atoms with Gasteiger partial charge in [-0.15, -0.1) is 0 Å². The number of thioether (sulfide) groups is 1. The number of fused-ring (bicyclic) bond motifs is 1. The second-order valence-corrected chi connectivity index (χ2v) is 3.82. The van der Waals surface area contributed by atoms with Crippen molar-refractivity contribution in [2.24, 2.45) is 0 Å². The van der Waals surface area contributed by atoms with E-state index in [2.05, 4.69) is 5.32 Å². The van der Waals surface area contributed by atoms with Crippen LogP contribution >= 0.6 is 11.8 Å². The maximum Gasteiger partial charge on any atom is 0.212 e. The summed E-state index contributed by atoms with van der Waals surface area (Å²) < 4.78 is 0. The zero-order valence-electron chi connectivity index (χ0n) is 5.59. The third-order valence-electron chi connectivity index (χ3n) is 1.89. The molecule has 0 bridgehead atoms. The SMILES string of the molecule is C.O=C1C=C2CNCCC2S1.